The quantitative estimate of drug-likeness (QED) is 0.489. The number of rotatable bonds is 6. The summed E-state index contributed by atoms with van der Waals surface area (Å²) in [7, 11) is 1.36. The van der Waals surface area contributed by atoms with Crippen LogP contribution in [0.2, 0.25) is 0 Å². The fraction of sp³-hybridized carbons (Fsp3) is 0.462. The van der Waals surface area contributed by atoms with Crippen molar-refractivity contribution in [3.8, 4) is 5.88 Å². The molecular weight excluding hydrogens is 448 g/mol. The van der Waals surface area contributed by atoms with Crippen molar-refractivity contribution in [2.75, 3.05) is 20.2 Å². The van der Waals surface area contributed by atoms with Crippen molar-refractivity contribution in [3.05, 3.63) is 59.5 Å². The van der Waals surface area contributed by atoms with Crippen LogP contribution in [0.25, 0.3) is 5.52 Å². The third-order valence-corrected chi connectivity index (χ3v) is 5.88. The third kappa shape index (κ3) is 6.29. The Morgan fingerprint density at radius 2 is 1.89 bits per heavy atom. The van der Waals surface area contributed by atoms with Crippen molar-refractivity contribution in [2.24, 2.45) is 0 Å². The summed E-state index contributed by atoms with van der Waals surface area (Å²) >= 11 is 0. The van der Waals surface area contributed by atoms with Gasteiger partial charge in [0.15, 0.2) is 0 Å². The number of piperidine rings is 1. The van der Waals surface area contributed by atoms with Gasteiger partial charge in [-0.05, 0) is 51.8 Å². The highest BCUT2D eigenvalue weighted by Gasteiger charge is 2.28. The lowest BCUT2D eigenvalue weighted by Gasteiger charge is -2.33. The molecule has 3 aromatic rings. The number of pyridine rings is 2. The van der Waals surface area contributed by atoms with Crippen molar-refractivity contribution in [3.63, 3.8) is 0 Å². The zero-order valence-electron chi connectivity index (χ0n) is 20.7. The number of likely N-dealkylation sites (tertiary alicyclic amines) is 1. The van der Waals surface area contributed by atoms with Crippen LogP contribution >= 0.6 is 0 Å². The van der Waals surface area contributed by atoms with Gasteiger partial charge in [0.2, 0.25) is 5.88 Å². The van der Waals surface area contributed by atoms with E-state index in [-0.39, 0.29) is 24.4 Å². The van der Waals surface area contributed by atoms with Gasteiger partial charge in [-0.25, -0.2) is 14.3 Å². The van der Waals surface area contributed by atoms with Gasteiger partial charge >= 0.3 is 12.1 Å². The first-order valence-corrected chi connectivity index (χ1v) is 11.8. The fourth-order valence-electron chi connectivity index (χ4n) is 4.13. The fourth-order valence-corrected chi connectivity index (χ4v) is 4.13. The Morgan fingerprint density at radius 3 is 2.60 bits per heavy atom. The molecule has 0 N–H and O–H groups in total. The van der Waals surface area contributed by atoms with Crippen LogP contribution in [0.5, 0.6) is 5.88 Å². The number of esters is 1. The molecule has 0 radical (unpaired) electrons. The summed E-state index contributed by atoms with van der Waals surface area (Å²) in [4.78, 5) is 30.4. The number of ether oxygens (including phenoxy) is 3. The summed E-state index contributed by atoms with van der Waals surface area (Å²) in [6, 6.07) is 11.5. The molecule has 3 aromatic heterocycles. The molecule has 0 aromatic carbocycles. The summed E-state index contributed by atoms with van der Waals surface area (Å²) in [5.41, 5.74) is 2.92. The van der Waals surface area contributed by atoms with E-state index >= 15 is 0 Å². The summed E-state index contributed by atoms with van der Waals surface area (Å²) in [5.74, 6) is 0.480. The molecular formula is C26H32N4O5. The average molecular weight is 481 g/mol. The Balaban J connectivity index is 1.38. The van der Waals surface area contributed by atoms with E-state index in [0.29, 0.717) is 31.3 Å². The first-order valence-electron chi connectivity index (χ1n) is 11.8. The van der Waals surface area contributed by atoms with Gasteiger partial charge in [-0.2, -0.15) is 5.10 Å². The lowest BCUT2D eigenvalue weighted by Crippen LogP contribution is -2.41. The summed E-state index contributed by atoms with van der Waals surface area (Å²) in [6.07, 6.45) is 3.35. The number of aromatic nitrogens is 3. The zero-order valence-corrected chi connectivity index (χ0v) is 20.7. The van der Waals surface area contributed by atoms with E-state index in [2.05, 4.69) is 5.10 Å². The van der Waals surface area contributed by atoms with Gasteiger partial charge in [0.05, 0.1) is 24.7 Å². The van der Waals surface area contributed by atoms with E-state index < -0.39 is 5.60 Å². The highest BCUT2D eigenvalue weighted by molar-refractivity contribution is 5.72. The van der Waals surface area contributed by atoms with Crippen LogP contribution in [0.3, 0.4) is 0 Å². The second kappa shape index (κ2) is 10.3. The van der Waals surface area contributed by atoms with Crippen LogP contribution in [-0.2, 0) is 27.3 Å². The van der Waals surface area contributed by atoms with Crippen molar-refractivity contribution < 1.29 is 23.8 Å². The predicted molar refractivity (Wildman–Crippen MR) is 129 cm³/mol. The van der Waals surface area contributed by atoms with E-state index in [0.717, 1.165) is 29.6 Å². The molecule has 0 saturated carbocycles. The number of carbonyl (C=O) groups excluding carboxylic acids is 2. The van der Waals surface area contributed by atoms with Crippen molar-refractivity contribution in [1.82, 2.24) is 19.5 Å². The predicted octanol–water partition coefficient (Wildman–Crippen LogP) is 4.14. The zero-order chi connectivity index (χ0) is 25.0. The normalized spacial score (nSPS) is 14.7. The summed E-state index contributed by atoms with van der Waals surface area (Å²) in [6.45, 7) is 7.24. The number of carbonyl (C=O) groups is 2. The van der Waals surface area contributed by atoms with Gasteiger partial charge in [0, 0.05) is 42.5 Å². The van der Waals surface area contributed by atoms with Gasteiger partial charge in [-0.15, -0.1) is 0 Å². The van der Waals surface area contributed by atoms with E-state index in [1.807, 2.05) is 63.4 Å². The maximum atomic E-state index is 12.3. The van der Waals surface area contributed by atoms with Crippen LogP contribution < -0.4 is 4.74 Å². The van der Waals surface area contributed by atoms with Crippen molar-refractivity contribution in [2.45, 2.75) is 58.2 Å². The maximum Gasteiger partial charge on any atom is 0.410 e. The molecule has 4 rings (SSSR count). The molecule has 9 heteroatoms. The molecule has 35 heavy (non-hydrogen) atoms. The van der Waals surface area contributed by atoms with Crippen molar-refractivity contribution in [1.29, 1.82) is 0 Å². The second-order valence-electron chi connectivity index (χ2n) is 9.68. The van der Waals surface area contributed by atoms with Gasteiger partial charge in [0.1, 0.15) is 12.2 Å². The number of amides is 1. The maximum absolute atomic E-state index is 12.3. The van der Waals surface area contributed by atoms with Crippen LogP contribution in [0.15, 0.2) is 42.6 Å². The van der Waals surface area contributed by atoms with Crippen LogP contribution in [0.4, 0.5) is 4.79 Å². The van der Waals surface area contributed by atoms with E-state index in [1.165, 1.54) is 7.11 Å². The Bertz CT molecular complexity index is 1190. The summed E-state index contributed by atoms with van der Waals surface area (Å²) < 4.78 is 18.0. The second-order valence-corrected chi connectivity index (χ2v) is 9.68. The Hall–Kier alpha value is -3.62. The SMILES string of the molecule is COC(=O)Cc1cc2c(COc3cccc(C4CCN(C(=O)OC(C)(C)C)CC4)n3)cccn2n1. The Labute approximate surface area is 205 Å². The standard InChI is InChI=1S/C26H32N4O5/c1-26(2,3)35-25(32)29-13-10-18(11-14-29)21-8-5-9-23(27-21)34-17-19-7-6-12-30-22(19)15-20(28-30)16-24(31)33-4/h5-9,12,15,18H,10-11,13-14,16-17H2,1-4H3. The van der Waals surface area contributed by atoms with Gasteiger partial charge < -0.3 is 19.1 Å². The first kappa shape index (κ1) is 24.5. The van der Waals surface area contributed by atoms with E-state index in [1.54, 1.807) is 9.42 Å². The molecule has 1 saturated heterocycles. The van der Waals surface area contributed by atoms with Crippen LogP contribution in [0.1, 0.15) is 56.5 Å². The largest absolute Gasteiger partial charge is 0.473 e. The number of hydrogen-bond donors (Lipinski definition) is 0. The molecule has 0 spiro atoms. The Kier molecular flexibility index (Phi) is 7.23. The summed E-state index contributed by atoms with van der Waals surface area (Å²) in [5, 5.41) is 4.44. The minimum Gasteiger partial charge on any atom is -0.473 e. The Morgan fingerprint density at radius 1 is 1.11 bits per heavy atom. The van der Waals surface area contributed by atoms with Crippen molar-refractivity contribution >= 4 is 17.6 Å². The molecule has 1 aliphatic heterocycles. The average Bonchev–Trinajstić information content (AvgIpc) is 3.25. The molecule has 0 bridgehead atoms. The van der Waals surface area contributed by atoms with Gasteiger partial charge in [0.25, 0.3) is 0 Å². The highest BCUT2D eigenvalue weighted by atomic mass is 16.6. The number of methoxy groups -OCH3 is 1. The van der Waals surface area contributed by atoms with Crippen LogP contribution in [0, 0.1) is 0 Å². The smallest absolute Gasteiger partial charge is 0.410 e. The molecule has 0 aliphatic carbocycles. The molecule has 1 amide bonds. The molecule has 4 heterocycles. The highest BCUT2D eigenvalue weighted by Crippen LogP contribution is 2.29. The monoisotopic (exact) mass is 480 g/mol. The molecule has 0 atom stereocenters. The van der Waals surface area contributed by atoms with E-state index in [4.69, 9.17) is 19.2 Å². The lowest BCUT2D eigenvalue weighted by atomic mass is 9.93. The molecule has 1 fully saturated rings. The third-order valence-electron chi connectivity index (χ3n) is 5.88. The number of fused-ring (bicyclic) bond motifs is 1. The van der Waals surface area contributed by atoms with Crippen LogP contribution in [-0.4, -0.2) is 57.4 Å². The molecule has 9 nitrogen and oxygen atoms in total. The lowest BCUT2D eigenvalue weighted by molar-refractivity contribution is -0.139. The minimum atomic E-state index is -0.495. The molecule has 0 unspecified atom stereocenters. The first-order chi connectivity index (χ1) is 16.7. The number of hydrogen-bond acceptors (Lipinski definition) is 7. The number of nitrogens with zero attached hydrogens (tertiary/aromatic N) is 4. The minimum absolute atomic E-state index is 0.120. The van der Waals surface area contributed by atoms with Gasteiger partial charge in [-0.3, -0.25) is 4.79 Å². The topological polar surface area (TPSA) is 95.3 Å². The molecule has 186 valence electrons. The molecule has 1 aliphatic rings. The van der Waals surface area contributed by atoms with E-state index in [9.17, 15) is 9.59 Å². The van der Waals surface area contributed by atoms with Gasteiger partial charge in [-0.1, -0.05) is 12.1 Å².